The maximum atomic E-state index is 11.7. The molecule has 7 heteroatoms. The number of carboxylic acid groups (broad SMARTS) is 1. The zero-order valence-corrected chi connectivity index (χ0v) is 10.9. The second kappa shape index (κ2) is 7.32. The molecule has 104 valence electrons. The molecular weight excluding hydrogens is 250 g/mol. The van der Waals surface area contributed by atoms with E-state index in [2.05, 4.69) is 10.3 Å². The van der Waals surface area contributed by atoms with Crippen molar-refractivity contribution < 1.29 is 19.4 Å². The van der Waals surface area contributed by atoms with Gasteiger partial charge in [-0.3, -0.25) is 9.78 Å². The van der Waals surface area contributed by atoms with Gasteiger partial charge < -0.3 is 20.1 Å². The van der Waals surface area contributed by atoms with E-state index in [1.807, 2.05) is 0 Å². The number of pyridine rings is 1. The molecule has 0 aliphatic rings. The lowest BCUT2D eigenvalue weighted by Crippen LogP contribution is -2.33. The Morgan fingerprint density at radius 1 is 1.47 bits per heavy atom. The van der Waals surface area contributed by atoms with Crippen molar-refractivity contribution in [2.45, 2.75) is 6.42 Å². The number of ether oxygens (including phenoxy) is 1. The van der Waals surface area contributed by atoms with E-state index in [-0.39, 0.29) is 12.5 Å². The number of amides is 2. The lowest BCUT2D eigenvalue weighted by molar-refractivity contribution is -0.136. The lowest BCUT2D eigenvalue weighted by atomic mass is 10.2. The van der Waals surface area contributed by atoms with Crippen molar-refractivity contribution in [2.24, 2.45) is 0 Å². The van der Waals surface area contributed by atoms with Gasteiger partial charge >= 0.3 is 12.0 Å². The Labute approximate surface area is 111 Å². The number of nitrogens with one attached hydrogen (secondary N) is 1. The topological polar surface area (TPSA) is 91.8 Å². The number of urea groups is 1. The number of methoxy groups -OCH3 is 1. The Kier molecular flexibility index (Phi) is 5.74. The molecule has 0 atom stereocenters. The summed E-state index contributed by atoms with van der Waals surface area (Å²) >= 11 is 0. The maximum absolute atomic E-state index is 11.7. The van der Waals surface area contributed by atoms with E-state index in [0.717, 1.165) is 0 Å². The highest BCUT2D eigenvalue weighted by molar-refractivity contribution is 5.88. The summed E-state index contributed by atoms with van der Waals surface area (Å²) < 4.78 is 4.88. The van der Waals surface area contributed by atoms with Crippen LogP contribution < -0.4 is 5.32 Å². The van der Waals surface area contributed by atoms with Crippen LogP contribution in [0.2, 0.25) is 0 Å². The summed E-state index contributed by atoms with van der Waals surface area (Å²) in [7, 11) is 3.22. The van der Waals surface area contributed by atoms with E-state index in [1.165, 1.54) is 11.1 Å². The van der Waals surface area contributed by atoms with E-state index < -0.39 is 5.97 Å². The first-order chi connectivity index (χ1) is 9.02. The molecule has 1 heterocycles. The van der Waals surface area contributed by atoms with Crippen LogP contribution in [0.25, 0.3) is 0 Å². The molecule has 0 aliphatic heterocycles. The molecule has 19 heavy (non-hydrogen) atoms. The Morgan fingerprint density at radius 3 is 2.74 bits per heavy atom. The minimum atomic E-state index is -0.941. The van der Waals surface area contributed by atoms with Gasteiger partial charge in [-0.15, -0.1) is 0 Å². The maximum Gasteiger partial charge on any atom is 0.321 e. The zero-order valence-electron chi connectivity index (χ0n) is 10.9. The number of hydrogen-bond donors (Lipinski definition) is 2. The van der Waals surface area contributed by atoms with Gasteiger partial charge in [-0.1, -0.05) is 0 Å². The van der Waals surface area contributed by atoms with Crippen LogP contribution in [-0.4, -0.2) is 54.3 Å². The molecule has 0 fully saturated rings. The third-order valence-corrected chi connectivity index (χ3v) is 2.39. The van der Waals surface area contributed by atoms with E-state index in [4.69, 9.17) is 9.84 Å². The highest BCUT2D eigenvalue weighted by Crippen LogP contribution is 2.07. The predicted octanol–water partition coefficient (Wildman–Crippen LogP) is 0.819. The molecule has 0 saturated heterocycles. The van der Waals surface area contributed by atoms with E-state index in [9.17, 15) is 9.59 Å². The molecule has 0 unspecified atom stereocenters. The smallest absolute Gasteiger partial charge is 0.321 e. The summed E-state index contributed by atoms with van der Waals surface area (Å²) in [6, 6.07) is 2.91. The van der Waals surface area contributed by atoms with Crippen LogP contribution in [0.5, 0.6) is 0 Å². The van der Waals surface area contributed by atoms with Crippen LogP contribution in [0.3, 0.4) is 0 Å². The number of aromatic nitrogens is 1. The van der Waals surface area contributed by atoms with Gasteiger partial charge in [-0.25, -0.2) is 4.79 Å². The fourth-order valence-corrected chi connectivity index (χ4v) is 1.31. The summed E-state index contributed by atoms with van der Waals surface area (Å²) in [5.74, 6) is -0.941. The lowest BCUT2D eigenvalue weighted by Gasteiger charge is -2.17. The molecule has 1 aromatic heterocycles. The summed E-state index contributed by atoms with van der Waals surface area (Å²) in [6.45, 7) is 0.937. The van der Waals surface area contributed by atoms with Crippen LogP contribution in [0.1, 0.15) is 5.69 Å². The van der Waals surface area contributed by atoms with Gasteiger partial charge in [0, 0.05) is 20.7 Å². The first kappa shape index (κ1) is 14.9. The Balaban J connectivity index is 2.52. The number of hydrogen-bond acceptors (Lipinski definition) is 4. The van der Waals surface area contributed by atoms with E-state index in [1.54, 1.807) is 26.3 Å². The van der Waals surface area contributed by atoms with Gasteiger partial charge in [-0.2, -0.15) is 0 Å². The fourth-order valence-electron chi connectivity index (χ4n) is 1.31. The Morgan fingerprint density at radius 2 is 2.21 bits per heavy atom. The van der Waals surface area contributed by atoms with Gasteiger partial charge in [0.2, 0.25) is 0 Å². The fraction of sp³-hybridized carbons (Fsp3) is 0.417. The highest BCUT2D eigenvalue weighted by atomic mass is 16.5. The molecule has 1 aromatic rings. The van der Waals surface area contributed by atoms with Gasteiger partial charge in [0.25, 0.3) is 0 Å². The quantitative estimate of drug-likeness (QED) is 0.796. The van der Waals surface area contributed by atoms with Gasteiger partial charge in [0.15, 0.2) is 0 Å². The number of nitrogens with zero attached hydrogens (tertiary/aromatic N) is 2. The SMILES string of the molecule is COCCN(C)C(=O)Nc1ccc(CC(=O)O)nc1. The van der Waals surface area contributed by atoms with Crippen LogP contribution in [0.4, 0.5) is 10.5 Å². The number of carbonyl (C=O) groups is 2. The average molecular weight is 267 g/mol. The molecule has 0 aliphatic carbocycles. The van der Waals surface area contributed by atoms with Crippen LogP contribution >= 0.6 is 0 Å². The first-order valence-electron chi connectivity index (χ1n) is 5.70. The monoisotopic (exact) mass is 267 g/mol. The average Bonchev–Trinajstić information content (AvgIpc) is 2.37. The van der Waals surface area contributed by atoms with Gasteiger partial charge in [0.1, 0.15) is 0 Å². The predicted molar refractivity (Wildman–Crippen MR) is 69.1 cm³/mol. The molecule has 0 spiro atoms. The highest BCUT2D eigenvalue weighted by Gasteiger charge is 2.08. The van der Waals surface area contributed by atoms with Crippen LogP contribution in [0.15, 0.2) is 18.3 Å². The minimum absolute atomic E-state index is 0.137. The first-order valence-corrected chi connectivity index (χ1v) is 5.70. The second-order valence-corrected chi connectivity index (χ2v) is 3.95. The summed E-state index contributed by atoms with van der Waals surface area (Å²) in [5, 5.41) is 11.3. The molecule has 2 amide bonds. The van der Waals surface area contributed by atoms with Gasteiger partial charge in [0.05, 0.1) is 30.6 Å². The zero-order chi connectivity index (χ0) is 14.3. The standard InChI is InChI=1S/C12H17N3O4/c1-15(5-6-19-2)12(18)14-10-4-3-9(13-8-10)7-11(16)17/h3-4,8H,5-7H2,1-2H3,(H,14,18)(H,16,17). The summed E-state index contributed by atoms with van der Waals surface area (Å²) in [4.78, 5) is 27.6. The van der Waals surface area contributed by atoms with Crippen molar-refractivity contribution in [1.82, 2.24) is 9.88 Å². The van der Waals surface area contributed by atoms with Crippen molar-refractivity contribution >= 4 is 17.7 Å². The molecule has 0 saturated carbocycles. The van der Waals surface area contributed by atoms with Crippen molar-refractivity contribution in [3.63, 3.8) is 0 Å². The number of anilines is 1. The van der Waals surface area contributed by atoms with Crippen molar-refractivity contribution in [2.75, 3.05) is 32.6 Å². The molecule has 1 rings (SSSR count). The van der Waals surface area contributed by atoms with Crippen molar-refractivity contribution in [3.8, 4) is 0 Å². The summed E-state index contributed by atoms with van der Waals surface area (Å²) in [6.07, 6.45) is 1.29. The normalized spacial score (nSPS) is 10.0. The number of rotatable bonds is 6. The van der Waals surface area contributed by atoms with E-state index >= 15 is 0 Å². The van der Waals surface area contributed by atoms with Crippen LogP contribution in [0, 0.1) is 0 Å². The molecule has 0 radical (unpaired) electrons. The molecular formula is C12H17N3O4. The second-order valence-electron chi connectivity index (χ2n) is 3.95. The van der Waals surface area contributed by atoms with Crippen molar-refractivity contribution in [3.05, 3.63) is 24.0 Å². The van der Waals surface area contributed by atoms with E-state index in [0.29, 0.717) is 24.5 Å². The minimum Gasteiger partial charge on any atom is -0.481 e. The number of likely N-dealkylation sites (N-methyl/N-ethyl adjacent to an activating group) is 1. The third-order valence-electron chi connectivity index (χ3n) is 2.39. The number of aliphatic carboxylic acids is 1. The third kappa shape index (κ3) is 5.35. The number of carboxylic acids is 1. The molecule has 0 aromatic carbocycles. The molecule has 2 N–H and O–H groups in total. The van der Waals surface area contributed by atoms with Gasteiger partial charge in [-0.05, 0) is 12.1 Å². The Hall–Kier alpha value is -2.15. The summed E-state index contributed by atoms with van der Waals surface area (Å²) in [5.41, 5.74) is 0.960. The Bertz CT molecular complexity index is 433. The number of carbonyl (C=O) groups excluding carboxylic acids is 1. The van der Waals surface area contributed by atoms with Crippen LogP contribution in [-0.2, 0) is 16.0 Å². The van der Waals surface area contributed by atoms with Crippen molar-refractivity contribution in [1.29, 1.82) is 0 Å². The molecule has 7 nitrogen and oxygen atoms in total. The molecule has 0 bridgehead atoms. The largest absolute Gasteiger partial charge is 0.481 e.